The van der Waals surface area contributed by atoms with Crippen molar-refractivity contribution in [2.45, 2.75) is 0 Å². The Morgan fingerprint density at radius 3 is 1.92 bits per heavy atom. The molecule has 5 heterocycles. The lowest BCUT2D eigenvalue weighted by molar-refractivity contribution is 1.08. The minimum absolute atomic E-state index is 0.863. The Bertz CT molecular complexity index is 2830. The quantitative estimate of drug-likeness (QED) is 0.187. The largest absolute Gasteiger partial charge is 0.309 e. The molecule has 0 amide bonds. The summed E-state index contributed by atoms with van der Waals surface area (Å²) in [6.07, 6.45) is 3.63. The second-order valence-electron chi connectivity index (χ2n) is 12.0. The Morgan fingerprint density at radius 2 is 1.12 bits per heavy atom. The molecule has 0 aliphatic rings. The summed E-state index contributed by atoms with van der Waals surface area (Å²) in [6, 6.07) is 50.9. The summed E-state index contributed by atoms with van der Waals surface area (Å²) in [7, 11) is 0. The molecule has 49 heavy (non-hydrogen) atoms. The minimum Gasteiger partial charge on any atom is -0.309 e. The van der Waals surface area contributed by atoms with Crippen LogP contribution in [0.4, 0.5) is 0 Å². The Hall–Kier alpha value is -6.44. The molecule has 10 rings (SSSR count). The lowest BCUT2D eigenvalue weighted by Crippen LogP contribution is -1.98. The molecular weight excluding hydrogens is 621 g/mol. The number of hydrogen-bond acceptors (Lipinski definition) is 5. The fraction of sp³-hybridized carbons (Fsp3) is 0. The molecule has 5 aromatic carbocycles. The molecule has 0 unspecified atom stereocenters. The standard InChI is InChI=1S/C42H26N6S/c1-2-11-30(12-3-1)47-36-16-6-4-13-31(36)33-21-19-28(25-39(33)47)42-46-45-41(49-42)27-20-22-38-34(24-27)32-14-5-7-17-37(32)48(38)40-18-8-15-35(44-40)29-10-9-23-43-26-29/h1-26H. The van der Waals surface area contributed by atoms with Crippen molar-refractivity contribution in [3.63, 3.8) is 0 Å². The monoisotopic (exact) mass is 646 g/mol. The number of aromatic nitrogens is 6. The van der Waals surface area contributed by atoms with E-state index in [1.165, 1.54) is 16.3 Å². The van der Waals surface area contributed by atoms with Crippen LogP contribution in [0.1, 0.15) is 0 Å². The molecule has 7 heteroatoms. The lowest BCUT2D eigenvalue weighted by atomic mass is 10.1. The normalized spacial score (nSPS) is 11.7. The molecule has 5 aromatic heterocycles. The molecule has 0 saturated carbocycles. The van der Waals surface area contributed by atoms with Crippen molar-refractivity contribution in [3.05, 3.63) is 158 Å². The molecule has 0 atom stereocenters. The summed E-state index contributed by atoms with van der Waals surface area (Å²) in [5.41, 5.74) is 9.62. The third-order valence-corrected chi connectivity index (χ3v) is 10.2. The highest BCUT2D eigenvalue weighted by Gasteiger charge is 2.18. The van der Waals surface area contributed by atoms with Gasteiger partial charge in [0.05, 0.1) is 27.8 Å². The molecule has 0 aliphatic carbocycles. The molecule has 10 aromatic rings. The van der Waals surface area contributed by atoms with Gasteiger partial charge in [0.1, 0.15) is 15.8 Å². The summed E-state index contributed by atoms with van der Waals surface area (Å²) in [5.74, 6) is 0.863. The molecule has 0 aliphatic heterocycles. The zero-order valence-electron chi connectivity index (χ0n) is 26.1. The number of hydrogen-bond donors (Lipinski definition) is 0. The van der Waals surface area contributed by atoms with Gasteiger partial charge in [-0.3, -0.25) is 9.55 Å². The van der Waals surface area contributed by atoms with Crippen LogP contribution in [0.3, 0.4) is 0 Å². The number of fused-ring (bicyclic) bond motifs is 6. The lowest BCUT2D eigenvalue weighted by Gasteiger charge is -2.09. The van der Waals surface area contributed by atoms with Crippen LogP contribution in [-0.2, 0) is 0 Å². The van der Waals surface area contributed by atoms with Crippen LogP contribution < -0.4 is 0 Å². The van der Waals surface area contributed by atoms with Crippen molar-refractivity contribution < 1.29 is 0 Å². The van der Waals surface area contributed by atoms with Crippen molar-refractivity contribution in [3.8, 4) is 43.9 Å². The van der Waals surface area contributed by atoms with E-state index < -0.39 is 0 Å². The van der Waals surface area contributed by atoms with Crippen molar-refractivity contribution in [2.24, 2.45) is 0 Å². The molecule has 0 N–H and O–H groups in total. The number of benzene rings is 5. The maximum absolute atomic E-state index is 5.07. The molecule has 0 saturated heterocycles. The van der Waals surface area contributed by atoms with E-state index in [4.69, 9.17) is 15.2 Å². The zero-order valence-corrected chi connectivity index (χ0v) is 26.9. The number of para-hydroxylation sites is 3. The fourth-order valence-electron chi connectivity index (χ4n) is 6.99. The first kappa shape index (κ1) is 27.7. The molecule has 0 radical (unpaired) electrons. The molecule has 0 spiro atoms. The molecular formula is C42H26N6S. The summed E-state index contributed by atoms with van der Waals surface area (Å²) >= 11 is 1.62. The third kappa shape index (κ3) is 4.47. The highest BCUT2D eigenvalue weighted by atomic mass is 32.1. The van der Waals surface area contributed by atoms with Gasteiger partial charge in [-0.2, -0.15) is 0 Å². The summed E-state index contributed by atoms with van der Waals surface area (Å²) in [5, 5.41) is 15.9. The smallest absolute Gasteiger partial charge is 0.148 e. The van der Waals surface area contributed by atoms with Gasteiger partial charge in [0.25, 0.3) is 0 Å². The van der Waals surface area contributed by atoms with Gasteiger partial charge in [0, 0.05) is 56.3 Å². The summed E-state index contributed by atoms with van der Waals surface area (Å²) < 4.78 is 4.57. The molecule has 6 nitrogen and oxygen atoms in total. The van der Waals surface area contributed by atoms with Crippen LogP contribution in [-0.4, -0.2) is 29.3 Å². The topological polar surface area (TPSA) is 61.4 Å². The van der Waals surface area contributed by atoms with E-state index in [9.17, 15) is 0 Å². The molecule has 0 bridgehead atoms. The van der Waals surface area contributed by atoms with Crippen LogP contribution in [0.5, 0.6) is 0 Å². The van der Waals surface area contributed by atoms with E-state index in [1.54, 1.807) is 17.5 Å². The van der Waals surface area contributed by atoms with Gasteiger partial charge in [0.15, 0.2) is 0 Å². The predicted molar refractivity (Wildman–Crippen MR) is 200 cm³/mol. The van der Waals surface area contributed by atoms with E-state index in [-0.39, 0.29) is 0 Å². The van der Waals surface area contributed by atoms with E-state index in [2.05, 4.69) is 142 Å². The average Bonchev–Trinajstić information content (AvgIpc) is 3.88. The fourth-order valence-corrected chi connectivity index (χ4v) is 7.83. The van der Waals surface area contributed by atoms with Gasteiger partial charge in [-0.05, 0) is 72.8 Å². The maximum atomic E-state index is 5.07. The van der Waals surface area contributed by atoms with Gasteiger partial charge in [-0.25, -0.2) is 4.98 Å². The van der Waals surface area contributed by atoms with Crippen LogP contribution in [0.25, 0.3) is 87.5 Å². The zero-order chi connectivity index (χ0) is 32.3. The van der Waals surface area contributed by atoms with Gasteiger partial charge in [-0.15, -0.1) is 10.2 Å². The summed E-state index contributed by atoms with van der Waals surface area (Å²) in [4.78, 5) is 9.36. The third-order valence-electron chi connectivity index (χ3n) is 9.20. The van der Waals surface area contributed by atoms with Gasteiger partial charge < -0.3 is 4.57 Å². The Labute approximate surface area is 285 Å². The SMILES string of the molecule is c1ccc(-n2c3ccccc3c3ccc(-c4nnc(-c5ccc6c(c5)c5ccccc5n6-c5cccc(-c6cccnc6)n5)s4)cc32)cc1. The highest BCUT2D eigenvalue weighted by molar-refractivity contribution is 7.17. The average molecular weight is 647 g/mol. The van der Waals surface area contributed by atoms with E-state index in [0.717, 1.165) is 71.2 Å². The number of nitrogens with zero attached hydrogens (tertiary/aromatic N) is 6. The number of rotatable bonds is 5. The van der Waals surface area contributed by atoms with Crippen LogP contribution in [0.15, 0.2) is 158 Å². The Kier molecular flexibility index (Phi) is 6.25. The van der Waals surface area contributed by atoms with Crippen molar-refractivity contribution >= 4 is 54.9 Å². The minimum atomic E-state index is 0.863. The van der Waals surface area contributed by atoms with Crippen molar-refractivity contribution in [1.82, 2.24) is 29.3 Å². The highest BCUT2D eigenvalue weighted by Crippen LogP contribution is 2.39. The van der Waals surface area contributed by atoms with Crippen molar-refractivity contribution in [1.29, 1.82) is 0 Å². The van der Waals surface area contributed by atoms with Crippen LogP contribution in [0.2, 0.25) is 0 Å². The molecule has 230 valence electrons. The first-order chi connectivity index (χ1) is 24.3. The molecule has 0 fully saturated rings. The van der Waals surface area contributed by atoms with Gasteiger partial charge >= 0.3 is 0 Å². The second-order valence-corrected chi connectivity index (χ2v) is 13.0. The van der Waals surface area contributed by atoms with E-state index >= 15 is 0 Å². The van der Waals surface area contributed by atoms with Crippen molar-refractivity contribution in [2.75, 3.05) is 0 Å². The predicted octanol–water partition coefficient (Wildman–Crippen LogP) is 10.5. The van der Waals surface area contributed by atoms with Gasteiger partial charge in [0.2, 0.25) is 0 Å². The van der Waals surface area contributed by atoms with Crippen LogP contribution in [0, 0.1) is 0 Å². The van der Waals surface area contributed by atoms with Gasteiger partial charge in [-0.1, -0.05) is 84.1 Å². The van der Waals surface area contributed by atoms with E-state index in [0.29, 0.717) is 0 Å². The Morgan fingerprint density at radius 1 is 0.449 bits per heavy atom. The first-order valence-electron chi connectivity index (χ1n) is 16.1. The number of pyridine rings is 2. The van der Waals surface area contributed by atoms with Crippen LogP contribution >= 0.6 is 11.3 Å². The first-order valence-corrected chi connectivity index (χ1v) is 17.0. The second kappa shape index (κ2) is 11.1. The van der Waals surface area contributed by atoms with E-state index in [1.807, 2.05) is 24.4 Å². The Balaban J connectivity index is 1.08. The summed E-state index contributed by atoms with van der Waals surface area (Å²) in [6.45, 7) is 0. The maximum Gasteiger partial charge on any atom is 0.148 e.